The first-order valence-electron chi connectivity index (χ1n) is 7.86. The molecule has 0 atom stereocenters. The van der Waals surface area contributed by atoms with Crippen molar-refractivity contribution in [2.24, 2.45) is 0 Å². The second-order valence-corrected chi connectivity index (χ2v) is 14.2. The molecule has 0 fully saturated rings. The zero-order valence-corrected chi connectivity index (χ0v) is 17.7. The third kappa shape index (κ3) is 3.79. The van der Waals surface area contributed by atoms with Crippen molar-refractivity contribution >= 4 is 31.6 Å². The zero-order chi connectivity index (χ0) is 16.9. The topological polar surface area (TPSA) is 18.5 Å². The fraction of sp³-hybridized carbons (Fsp3) is 0.143. The molecule has 3 heteroatoms. The van der Waals surface area contributed by atoms with Crippen LogP contribution in [0.5, 0.6) is 11.5 Å². The van der Waals surface area contributed by atoms with Gasteiger partial charge < -0.3 is 0 Å². The molecule has 24 heavy (non-hydrogen) atoms. The van der Waals surface area contributed by atoms with Gasteiger partial charge in [0.15, 0.2) is 0 Å². The van der Waals surface area contributed by atoms with Gasteiger partial charge in [0, 0.05) is 0 Å². The monoisotopic (exact) mass is 514 g/mol. The van der Waals surface area contributed by atoms with Crippen LogP contribution in [0.4, 0.5) is 0 Å². The van der Waals surface area contributed by atoms with Crippen molar-refractivity contribution in [1.29, 1.82) is 0 Å². The summed E-state index contributed by atoms with van der Waals surface area (Å²) in [5, 5.41) is 0. The molecule has 0 amide bonds. The first-order chi connectivity index (χ1) is 11.7. The summed E-state index contributed by atoms with van der Waals surface area (Å²) in [6.45, 7) is 2.13. The van der Waals surface area contributed by atoms with Crippen molar-refractivity contribution in [2.75, 3.05) is 14.2 Å². The van der Waals surface area contributed by atoms with E-state index in [-0.39, 0.29) is 0 Å². The first kappa shape index (κ1) is 17.0. The number of hydrogen-bond acceptors (Lipinski definition) is 2. The van der Waals surface area contributed by atoms with Gasteiger partial charge >= 0.3 is 152 Å². The molecule has 2 nitrogen and oxygen atoms in total. The summed E-state index contributed by atoms with van der Waals surface area (Å²) in [5.74, 6) is 1.81. The Hall–Kier alpha value is -1.86. The molecule has 0 spiro atoms. The normalized spacial score (nSPS) is 10.7. The number of benzene rings is 3. The van der Waals surface area contributed by atoms with E-state index in [9.17, 15) is 0 Å². The van der Waals surface area contributed by atoms with E-state index in [1.807, 2.05) is 0 Å². The van der Waals surface area contributed by atoms with Gasteiger partial charge in [-0.3, -0.25) is 0 Å². The Balaban J connectivity index is 2.06. The molecule has 0 radical (unpaired) electrons. The minimum atomic E-state index is -2.29. The number of rotatable bonds is 5. The number of hydrogen-bond donors (Lipinski definition) is 0. The van der Waals surface area contributed by atoms with Gasteiger partial charge in [0.1, 0.15) is 0 Å². The summed E-state index contributed by atoms with van der Waals surface area (Å²) < 4.78 is 15.0. The van der Waals surface area contributed by atoms with Crippen molar-refractivity contribution < 1.29 is 9.47 Å². The number of aryl methyl sites for hydroxylation is 1. The van der Waals surface area contributed by atoms with Crippen LogP contribution in [-0.4, -0.2) is 36.0 Å². The molecule has 0 bridgehead atoms. The molecule has 3 aromatic rings. The molecular weight excluding hydrogens is 493 g/mol. The summed E-state index contributed by atoms with van der Waals surface area (Å²) in [6.07, 6.45) is 0. The molecule has 0 aromatic heterocycles. The molecule has 0 aliphatic rings. The number of ether oxygens (including phenoxy) is 2. The molecular formula is C21H21BiO2. The standard InChI is InChI=1S/2C7H7O.C7H7.Bi/c2*1-8-7-5-3-2-4-6-7;1-7-5-3-2-4-6-7;/h2*3-6H,1H3;3-6H,1H3;. The van der Waals surface area contributed by atoms with Gasteiger partial charge in [0.2, 0.25) is 0 Å². The minimum absolute atomic E-state index is 0.904. The van der Waals surface area contributed by atoms with Crippen molar-refractivity contribution in [3.8, 4) is 11.5 Å². The van der Waals surface area contributed by atoms with E-state index in [2.05, 4.69) is 79.7 Å². The van der Waals surface area contributed by atoms with E-state index < -0.39 is 21.8 Å². The van der Waals surface area contributed by atoms with Gasteiger partial charge in [-0.1, -0.05) is 0 Å². The fourth-order valence-corrected chi connectivity index (χ4v) is 11.3. The Morgan fingerprint density at radius 2 is 0.875 bits per heavy atom. The zero-order valence-electron chi connectivity index (χ0n) is 14.2. The van der Waals surface area contributed by atoms with Gasteiger partial charge in [-0.05, 0) is 0 Å². The van der Waals surface area contributed by atoms with Gasteiger partial charge in [0.25, 0.3) is 0 Å². The maximum absolute atomic E-state index is 5.31. The average Bonchev–Trinajstić information content (AvgIpc) is 2.64. The predicted molar refractivity (Wildman–Crippen MR) is 102 cm³/mol. The van der Waals surface area contributed by atoms with Gasteiger partial charge in [-0.2, -0.15) is 0 Å². The van der Waals surface area contributed by atoms with Crippen LogP contribution in [0, 0.1) is 6.92 Å². The summed E-state index contributed by atoms with van der Waals surface area (Å²) in [7, 11) is 3.41. The molecule has 0 aliphatic carbocycles. The summed E-state index contributed by atoms with van der Waals surface area (Å²) in [5.41, 5.74) is 1.30. The van der Waals surface area contributed by atoms with Crippen LogP contribution < -0.4 is 19.3 Å². The van der Waals surface area contributed by atoms with Gasteiger partial charge in [-0.15, -0.1) is 0 Å². The Morgan fingerprint density at radius 3 is 1.21 bits per heavy atom. The van der Waals surface area contributed by atoms with Crippen molar-refractivity contribution in [2.45, 2.75) is 6.92 Å². The maximum atomic E-state index is 5.31. The van der Waals surface area contributed by atoms with E-state index in [0.717, 1.165) is 11.5 Å². The quantitative estimate of drug-likeness (QED) is 0.488. The molecule has 0 aliphatic heterocycles. The van der Waals surface area contributed by atoms with Crippen LogP contribution in [-0.2, 0) is 0 Å². The predicted octanol–water partition coefficient (Wildman–Crippen LogP) is 2.53. The number of methoxy groups -OCH3 is 2. The summed E-state index contributed by atoms with van der Waals surface area (Å²) in [4.78, 5) is 0. The third-order valence-corrected chi connectivity index (χ3v) is 13.5. The molecule has 0 saturated carbocycles. The van der Waals surface area contributed by atoms with Crippen LogP contribution >= 0.6 is 0 Å². The molecule has 0 saturated heterocycles. The van der Waals surface area contributed by atoms with E-state index in [1.165, 1.54) is 15.4 Å². The second-order valence-electron chi connectivity index (χ2n) is 5.57. The van der Waals surface area contributed by atoms with Crippen molar-refractivity contribution in [3.63, 3.8) is 0 Å². The average molecular weight is 514 g/mol. The fourth-order valence-electron chi connectivity index (χ4n) is 2.60. The van der Waals surface area contributed by atoms with E-state index in [1.54, 1.807) is 14.2 Å². The van der Waals surface area contributed by atoms with Crippen LogP contribution in [0.25, 0.3) is 0 Å². The van der Waals surface area contributed by atoms with Crippen LogP contribution in [0.15, 0.2) is 72.8 Å². The third-order valence-electron chi connectivity index (χ3n) is 3.95. The van der Waals surface area contributed by atoms with E-state index in [4.69, 9.17) is 9.47 Å². The molecule has 0 unspecified atom stereocenters. The molecule has 122 valence electrons. The molecule has 3 rings (SSSR count). The summed E-state index contributed by atoms with van der Waals surface area (Å²) >= 11 is -2.29. The molecule has 0 N–H and O–H groups in total. The summed E-state index contributed by atoms with van der Waals surface area (Å²) in [6, 6.07) is 26.2. The first-order valence-corrected chi connectivity index (χ1v) is 13.1. The van der Waals surface area contributed by atoms with Gasteiger partial charge in [0.05, 0.1) is 0 Å². The van der Waals surface area contributed by atoms with Crippen LogP contribution in [0.3, 0.4) is 0 Å². The van der Waals surface area contributed by atoms with Crippen molar-refractivity contribution in [1.82, 2.24) is 0 Å². The second kappa shape index (κ2) is 7.81. The Labute approximate surface area is 151 Å². The van der Waals surface area contributed by atoms with Crippen LogP contribution in [0.2, 0.25) is 0 Å². The van der Waals surface area contributed by atoms with E-state index >= 15 is 0 Å². The molecule has 0 heterocycles. The Bertz CT molecular complexity index is 730. The van der Waals surface area contributed by atoms with E-state index in [0.29, 0.717) is 0 Å². The van der Waals surface area contributed by atoms with Crippen LogP contribution in [0.1, 0.15) is 5.56 Å². The van der Waals surface area contributed by atoms with Gasteiger partial charge in [-0.25, -0.2) is 0 Å². The Kier molecular flexibility index (Phi) is 5.53. The Morgan fingerprint density at radius 1 is 0.542 bits per heavy atom. The van der Waals surface area contributed by atoms with Crippen molar-refractivity contribution in [3.05, 3.63) is 78.4 Å². The molecule has 3 aromatic carbocycles. The SMILES string of the molecule is COc1cc[c]([Bi]([c]2ccc(C)cc2)[c]2ccc(OC)cc2)cc1.